The first-order chi connectivity index (χ1) is 23.8. The SMILES string of the molecule is CC1(C)c2ccccc2-c2c(-c3ccccc3)cc(Nc3ccc4c(c3)C(C)(C)c3cc(-c5ccccc5)cc(-c5ccccc5)c3-4)cc21. The second-order valence-electron chi connectivity index (χ2n) is 14.7. The Morgan fingerprint density at radius 1 is 0.327 bits per heavy atom. The van der Waals surface area contributed by atoms with Crippen molar-refractivity contribution in [3.05, 3.63) is 180 Å². The maximum absolute atomic E-state index is 3.89. The zero-order valence-corrected chi connectivity index (χ0v) is 28.5. The van der Waals surface area contributed by atoms with E-state index in [-0.39, 0.29) is 10.8 Å². The van der Waals surface area contributed by atoms with Gasteiger partial charge in [-0.3, -0.25) is 0 Å². The van der Waals surface area contributed by atoms with Gasteiger partial charge in [-0.05, 0) is 114 Å². The molecule has 1 heteroatoms. The fraction of sp³-hybridized carbons (Fsp3) is 0.125. The van der Waals surface area contributed by atoms with E-state index in [4.69, 9.17) is 0 Å². The number of hydrogen-bond acceptors (Lipinski definition) is 1. The summed E-state index contributed by atoms with van der Waals surface area (Å²) in [7, 11) is 0. The van der Waals surface area contributed by atoms with E-state index in [2.05, 4.69) is 191 Å². The van der Waals surface area contributed by atoms with Crippen molar-refractivity contribution in [2.45, 2.75) is 38.5 Å². The molecule has 0 saturated carbocycles. The molecule has 0 radical (unpaired) electrons. The molecule has 1 N–H and O–H groups in total. The van der Waals surface area contributed by atoms with Gasteiger partial charge >= 0.3 is 0 Å². The molecule has 7 aromatic rings. The fourth-order valence-electron chi connectivity index (χ4n) is 8.47. The summed E-state index contributed by atoms with van der Waals surface area (Å²) in [6.07, 6.45) is 0. The molecule has 236 valence electrons. The van der Waals surface area contributed by atoms with Crippen LogP contribution in [0.15, 0.2) is 158 Å². The topological polar surface area (TPSA) is 12.0 Å². The molecule has 0 saturated heterocycles. The molecule has 49 heavy (non-hydrogen) atoms. The third-order valence-corrected chi connectivity index (χ3v) is 11.0. The standard InChI is InChI=1S/C48H39N/c1-47(2)41-23-15-14-22-37(41)45-40(33-20-12-7-13-21-33)28-36(30-44(45)47)49-35-24-25-38-42(29-35)48(3,4)43-27-34(31-16-8-5-9-17-31)26-39(46(38)43)32-18-10-6-11-19-32/h5-30,49H,1-4H3. The molecule has 7 aromatic carbocycles. The van der Waals surface area contributed by atoms with Crippen LogP contribution < -0.4 is 5.32 Å². The predicted octanol–water partition coefficient (Wildman–Crippen LogP) is 13.0. The van der Waals surface area contributed by atoms with Crippen molar-refractivity contribution in [1.82, 2.24) is 0 Å². The lowest BCUT2D eigenvalue weighted by molar-refractivity contribution is 0.660. The smallest absolute Gasteiger partial charge is 0.0393 e. The molecule has 0 fully saturated rings. The molecule has 0 aromatic heterocycles. The first-order valence-electron chi connectivity index (χ1n) is 17.4. The summed E-state index contributed by atoms with van der Waals surface area (Å²) in [5.41, 5.74) is 20.3. The van der Waals surface area contributed by atoms with Crippen LogP contribution in [-0.2, 0) is 10.8 Å². The van der Waals surface area contributed by atoms with Crippen LogP contribution in [0.5, 0.6) is 0 Å². The molecular formula is C48H39N. The quantitative estimate of drug-likeness (QED) is 0.200. The van der Waals surface area contributed by atoms with E-state index in [1.54, 1.807) is 0 Å². The highest BCUT2D eigenvalue weighted by Gasteiger charge is 2.39. The molecule has 0 amide bonds. The number of fused-ring (bicyclic) bond motifs is 6. The van der Waals surface area contributed by atoms with Crippen molar-refractivity contribution in [3.63, 3.8) is 0 Å². The molecule has 2 aliphatic carbocycles. The number of rotatable bonds is 5. The van der Waals surface area contributed by atoms with Crippen LogP contribution in [-0.4, -0.2) is 0 Å². The summed E-state index contributed by atoms with van der Waals surface area (Å²) in [5, 5.41) is 3.89. The highest BCUT2D eigenvalue weighted by Crippen LogP contribution is 2.55. The lowest BCUT2D eigenvalue weighted by Crippen LogP contribution is -2.16. The Kier molecular flexibility index (Phi) is 6.58. The third kappa shape index (κ3) is 4.60. The van der Waals surface area contributed by atoms with Crippen LogP contribution in [0.2, 0.25) is 0 Å². The summed E-state index contributed by atoms with van der Waals surface area (Å²) < 4.78 is 0. The van der Waals surface area contributed by atoms with Gasteiger partial charge in [0.2, 0.25) is 0 Å². The minimum absolute atomic E-state index is 0.0982. The van der Waals surface area contributed by atoms with Gasteiger partial charge in [0.05, 0.1) is 0 Å². The normalized spacial score (nSPS) is 14.4. The van der Waals surface area contributed by atoms with Gasteiger partial charge in [-0.2, -0.15) is 0 Å². The van der Waals surface area contributed by atoms with Crippen LogP contribution in [0.4, 0.5) is 11.4 Å². The van der Waals surface area contributed by atoms with Gasteiger partial charge in [-0.15, -0.1) is 0 Å². The minimum atomic E-state index is -0.173. The first kappa shape index (κ1) is 29.5. The maximum Gasteiger partial charge on any atom is 0.0393 e. The van der Waals surface area contributed by atoms with E-state index in [0.717, 1.165) is 11.4 Å². The summed E-state index contributed by atoms with van der Waals surface area (Å²) in [6, 6.07) is 57.9. The Hall–Kier alpha value is -5.66. The van der Waals surface area contributed by atoms with Crippen LogP contribution in [0.3, 0.4) is 0 Å². The second-order valence-corrected chi connectivity index (χ2v) is 14.7. The van der Waals surface area contributed by atoms with Crippen molar-refractivity contribution < 1.29 is 0 Å². The molecule has 1 nitrogen and oxygen atoms in total. The molecule has 0 bridgehead atoms. The largest absolute Gasteiger partial charge is 0.355 e. The van der Waals surface area contributed by atoms with Crippen molar-refractivity contribution in [3.8, 4) is 55.6 Å². The van der Waals surface area contributed by atoms with Crippen LogP contribution in [0, 0.1) is 0 Å². The number of benzene rings is 7. The van der Waals surface area contributed by atoms with Crippen molar-refractivity contribution >= 4 is 11.4 Å². The molecule has 0 spiro atoms. The van der Waals surface area contributed by atoms with E-state index in [9.17, 15) is 0 Å². The molecule has 2 aliphatic rings. The van der Waals surface area contributed by atoms with Gasteiger partial charge in [0, 0.05) is 22.2 Å². The van der Waals surface area contributed by atoms with Gasteiger partial charge in [-0.1, -0.05) is 149 Å². The number of hydrogen-bond donors (Lipinski definition) is 1. The Morgan fingerprint density at radius 3 is 1.47 bits per heavy atom. The zero-order valence-electron chi connectivity index (χ0n) is 28.5. The highest BCUT2D eigenvalue weighted by molar-refractivity contribution is 5.97. The van der Waals surface area contributed by atoms with Crippen LogP contribution in [0.25, 0.3) is 55.6 Å². The molecule has 0 unspecified atom stereocenters. The zero-order chi connectivity index (χ0) is 33.3. The predicted molar refractivity (Wildman–Crippen MR) is 208 cm³/mol. The van der Waals surface area contributed by atoms with Crippen LogP contribution in [0.1, 0.15) is 49.9 Å². The van der Waals surface area contributed by atoms with E-state index in [0.29, 0.717) is 0 Å². The lowest BCUT2D eigenvalue weighted by Gasteiger charge is -2.24. The average Bonchev–Trinajstić information content (AvgIpc) is 3.51. The van der Waals surface area contributed by atoms with E-state index >= 15 is 0 Å². The van der Waals surface area contributed by atoms with Gasteiger partial charge < -0.3 is 5.32 Å². The van der Waals surface area contributed by atoms with Gasteiger partial charge in [0.25, 0.3) is 0 Å². The Bertz CT molecular complexity index is 2380. The van der Waals surface area contributed by atoms with E-state index < -0.39 is 0 Å². The Morgan fingerprint density at radius 2 is 0.816 bits per heavy atom. The molecule has 0 aliphatic heterocycles. The van der Waals surface area contributed by atoms with Gasteiger partial charge in [-0.25, -0.2) is 0 Å². The summed E-state index contributed by atoms with van der Waals surface area (Å²) in [4.78, 5) is 0. The van der Waals surface area contributed by atoms with Crippen LogP contribution >= 0.6 is 0 Å². The second kappa shape index (κ2) is 10.9. The fourth-order valence-corrected chi connectivity index (χ4v) is 8.47. The first-order valence-corrected chi connectivity index (χ1v) is 17.4. The monoisotopic (exact) mass is 629 g/mol. The molecule has 9 rings (SSSR count). The Labute approximate surface area is 290 Å². The van der Waals surface area contributed by atoms with Crippen molar-refractivity contribution in [2.24, 2.45) is 0 Å². The summed E-state index contributed by atoms with van der Waals surface area (Å²) in [6.45, 7) is 9.49. The summed E-state index contributed by atoms with van der Waals surface area (Å²) >= 11 is 0. The lowest BCUT2D eigenvalue weighted by atomic mass is 9.80. The number of nitrogens with one attached hydrogen (secondary N) is 1. The Balaban J connectivity index is 1.18. The number of anilines is 2. The minimum Gasteiger partial charge on any atom is -0.355 e. The van der Waals surface area contributed by atoms with E-state index in [1.807, 2.05) is 0 Å². The van der Waals surface area contributed by atoms with Crippen molar-refractivity contribution in [1.29, 1.82) is 0 Å². The van der Waals surface area contributed by atoms with Gasteiger partial charge in [0.15, 0.2) is 0 Å². The highest BCUT2D eigenvalue weighted by atomic mass is 14.9. The average molecular weight is 630 g/mol. The summed E-state index contributed by atoms with van der Waals surface area (Å²) in [5.74, 6) is 0. The molecule has 0 atom stereocenters. The maximum atomic E-state index is 3.89. The molecular weight excluding hydrogens is 591 g/mol. The third-order valence-electron chi connectivity index (χ3n) is 11.0. The molecule has 0 heterocycles. The van der Waals surface area contributed by atoms with Gasteiger partial charge in [0.1, 0.15) is 0 Å². The van der Waals surface area contributed by atoms with E-state index in [1.165, 1.54) is 77.9 Å². The van der Waals surface area contributed by atoms with Crippen molar-refractivity contribution in [2.75, 3.05) is 5.32 Å².